The molecule has 0 atom stereocenters. The molecule has 0 fully saturated rings. The normalized spacial score (nSPS) is 10.6. The summed E-state index contributed by atoms with van der Waals surface area (Å²) in [5.41, 5.74) is 1.82. The lowest BCUT2D eigenvalue weighted by molar-refractivity contribution is 0.0697. The number of halogens is 3. The second-order valence-electron chi connectivity index (χ2n) is 4.51. The van der Waals surface area contributed by atoms with E-state index < -0.39 is 5.97 Å². The summed E-state index contributed by atoms with van der Waals surface area (Å²) in [5, 5.41) is 9.86. The molecule has 2 rings (SSSR count). The summed E-state index contributed by atoms with van der Waals surface area (Å²) >= 11 is 18.1. The van der Waals surface area contributed by atoms with Crippen molar-refractivity contribution in [2.45, 2.75) is 19.3 Å². The van der Waals surface area contributed by atoms with Gasteiger partial charge in [-0.1, -0.05) is 46.9 Å². The predicted octanol–water partition coefficient (Wildman–Crippen LogP) is 4.92. The Bertz CT molecular complexity index is 674. The Hall–Kier alpha value is -1.29. The predicted molar refractivity (Wildman–Crippen MR) is 84.7 cm³/mol. The third-order valence-electron chi connectivity index (χ3n) is 3.12. The Morgan fingerprint density at radius 3 is 2.43 bits per heavy atom. The maximum absolute atomic E-state index is 11.0. The number of pyridine rings is 1. The van der Waals surface area contributed by atoms with Gasteiger partial charge < -0.3 is 5.11 Å². The highest BCUT2D eigenvalue weighted by molar-refractivity contribution is 6.44. The van der Waals surface area contributed by atoms with Crippen LogP contribution in [-0.2, 0) is 12.8 Å². The molecule has 21 heavy (non-hydrogen) atoms. The Balaban J connectivity index is 2.06. The highest BCUT2D eigenvalue weighted by Crippen LogP contribution is 2.30. The van der Waals surface area contributed by atoms with Crippen LogP contribution in [0.1, 0.15) is 27.9 Å². The summed E-state index contributed by atoms with van der Waals surface area (Å²) in [6.07, 6.45) is 3.91. The summed E-state index contributed by atoms with van der Waals surface area (Å²) in [4.78, 5) is 15.0. The number of aromatic nitrogens is 1. The van der Waals surface area contributed by atoms with E-state index in [9.17, 15) is 4.79 Å². The van der Waals surface area contributed by atoms with Crippen molar-refractivity contribution in [3.63, 3.8) is 0 Å². The lowest BCUT2D eigenvalue weighted by Crippen LogP contribution is -2.00. The molecular formula is C15H12Cl3NO2. The minimum atomic E-state index is -1.09. The van der Waals surface area contributed by atoms with Gasteiger partial charge in [0.2, 0.25) is 0 Å². The second kappa shape index (κ2) is 7.12. The number of aryl methyl sites for hydroxylation is 2. The number of hydrogen-bond acceptors (Lipinski definition) is 2. The highest BCUT2D eigenvalue weighted by atomic mass is 35.5. The van der Waals surface area contributed by atoms with Crippen molar-refractivity contribution in [1.29, 1.82) is 0 Å². The molecule has 110 valence electrons. The molecule has 0 unspecified atom stereocenters. The van der Waals surface area contributed by atoms with Crippen LogP contribution in [0.15, 0.2) is 30.5 Å². The molecule has 6 heteroatoms. The largest absolute Gasteiger partial charge is 0.478 e. The third-order valence-corrected chi connectivity index (χ3v) is 4.38. The van der Waals surface area contributed by atoms with Gasteiger partial charge in [0.15, 0.2) is 0 Å². The van der Waals surface area contributed by atoms with E-state index in [-0.39, 0.29) is 10.6 Å². The monoisotopic (exact) mass is 343 g/mol. The first-order chi connectivity index (χ1) is 10.0. The maximum Gasteiger partial charge on any atom is 0.337 e. The fraction of sp³-hybridized carbons (Fsp3) is 0.200. The molecule has 1 N–H and O–H groups in total. The van der Waals surface area contributed by atoms with E-state index in [2.05, 4.69) is 4.98 Å². The molecule has 3 nitrogen and oxygen atoms in total. The molecule has 0 spiro atoms. The van der Waals surface area contributed by atoms with Crippen LogP contribution < -0.4 is 0 Å². The number of nitrogens with zero attached hydrogens (tertiary/aromatic N) is 1. The molecule has 0 amide bonds. The molecule has 2 aromatic rings. The van der Waals surface area contributed by atoms with E-state index >= 15 is 0 Å². The van der Waals surface area contributed by atoms with E-state index in [0.29, 0.717) is 16.6 Å². The second-order valence-corrected chi connectivity index (χ2v) is 5.63. The van der Waals surface area contributed by atoms with Crippen LogP contribution in [0.4, 0.5) is 0 Å². The molecule has 0 radical (unpaired) electrons. The Labute approximate surface area is 137 Å². The Kier molecular flexibility index (Phi) is 5.45. The van der Waals surface area contributed by atoms with Crippen molar-refractivity contribution < 1.29 is 9.90 Å². The van der Waals surface area contributed by atoms with Gasteiger partial charge in [0.25, 0.3) is 0 Å². The molecule has 0 aliphatic heterocycles. The van der Waals surface area contributed by atoms with Gasteiger partial charge in [-0.2, -0.15) is 0 Å². The van der Waals surface area contributed by atoms with Crippen molar-refractivity contribution >= 4 is 40.8 Å². The van der Waals surface area contributed by atoms with Crippen molar-refractivity contribution in [1.82, 2.24) is 4.98 Å². The van der Waals surface area contributed by atoms with Gasteiger partial charge in [-0.3, -0.25) is 0 Å². The molecule has 0 bridgehead atoms. The standard InChI is InChI=1S/C15H12Cl3NO2/c16-12-9(6-7-11(13(12)17)15(20)21)3-1-4-10-5-2-8-19-14(10)18/h2,5-8H,1,3-4H2,(H,20,21). The van der Waals surface area contributed by atoms with Crippen LogP contribution in [0.3, 0.4) is 0 Å². The first-order valence-corrected chi connectivity index (χ1v) is 7.43. The summed E-state index contributed by atoms with van der Waals surface area (Å²) in [6.45, 7) is 0. The molecule has 0 saturated carbocycles. The number of rotatable bonds is 5. The van der Waals surface area contributed by atoms with Gasteiger partial charge >= 0.3 is 5.97 Å². The molecule has 0 saturated heterocycles. The van der Waals surface area contributed by atoms with Gasteiger partial charge in [-0.05, 0) is 42.5 Å². The van der Waals surface area contributed by atoms with Gasteiger partial charge in [-0.15, -0.1) is 0 Å². The van der Waals surface area contributed by atoms with Gasteiger partial charge in [0.05, 0.1) is 15.6 Å². The summed E-state index contributed by atoms with van der Waals surface area (Å²) in [6, 6.07) is 6.94. The van der Waals surface area contributed by atoms with Crippen LogP contribution in [0.25, 0.3) is 0 Å². The zero-order valence-corrected chi connectivity index (χ0v) is 13.2. The molecule has 1 aromatic carbocycles. The molecule has 0 aliphatic rings. The third kappa shape index (κ3) is 3.88. The average molecular weight is 345 g/mol. The van der Waals surface area contributed by atoms with Crippen LogP contribution >= 0.6 is 34.8 Å². The zero-order valence-electron chi connectivity index (χ0n) is 10.9. The number of benzene rings is 1. The number of carbonyl (C=O) groups is 1. The maximum atomic E-state index is 11.0. The van der Waals surface area contributed by atoms with E-state index in [0.717, 1.165) is 24.0 Å². The van der Waals surface area contributed by atoms with Crippen LogP contribution in [0, 0.1) is 0 Å². The number of aromatic carboxylic acids is 1. The average Bonchev–Trinajstić information content (AvgIpc) is 2.45. The Morgan fingerprint density at radius 1 is 1.05 bits per heavy atom. The van der Waals surface area contributed by atoms with Crippen molar-refractivity contribution in [2.24, 2.45) is 0 Å². The fourth-order valence-corrected chi connectivity index (χ4v) is 2.76. The van der Waals surface area contributed by atoms with Crippen molar-refractivity contribution in [3.8, 4) is 0 Å². The van der Waals surface area contributed by atoms with Crippen molar-refractivity contribution in [2.75, 3.05) is 0 Å². The fourth-order valence-electron chi connectivity index (χ4n) is 2.02. The van der Waals surface area contributed by atoms with Gasteiger partial charge in [0, 0.05) is 6.20 Å². The number of carboxylic acids is 1. The first-order valence-electron chi connectivity index (χ1n) is 6.30. The van der Waals surface area contributed by atoms with E-state index in [1.165, 1.54) is 6.07 Å². The van der Waals surface area contributed by atoms with Gasteiger partial charge in [0.1, 0.15) is 5.15 Å². The topological polar surface area (TPSA) is 50.2 Å². The Morgan fingerprint density at radius 2 is 1.76 bits per heavy atom. The number of hydrogen-bond donors (Lipinski definition) is 1. The lowest BCUT2D eigenvalue weighted by atomic mass is 10.0. The van der Waals surface area contributed by atoms with Gasteiger partial charge in [-0.25, -0.2) is 9.78 Å². The minimum absolute atomic E-state index is 0.0146. The SMILES string of the molecule is O=C(O)c1ccc(CCCc2cccnc2Cl)c(Cl)c1Cl. The molecule has 1 heterocycles. The molecule has 0 aliphatic carbocycles. The van der Waals surface area contributed by atoms with E-state index in [1.54, 1.807) is 12.3 Å². The highest BCUT2D eigenvalue weighted by Gasteiger charge is 2.14. The van der Waals surface area contributed by atoms with E-state index in [1.807, 2.05) is 12.1 Å². The minimum Gasteiger partial charge on any atom is -0.478 e. The lowest BCUT2D eigenvalue weighted by Gasteiger charge is -2.08. The molecular weight excluding hydrogens is 333 g/mol. The summed E-state index contributed by atoms with van der Waals surface area (Å²) in [7, 11) is 0. The first kappa shape index (κ1) is 16.1. The van der Waals surface area contributed by atoms with Crippen LogP contribution in [0.5, 0.6) is 0 Å². The summed E-state index contributed by atoms with van der Waals surface area (Å²) in [5.74, 6) is -1.09. The quantitative estimate of drug-likeness (QED) is 0.784. The zero-order chi connectivity index (χ0) is 15.4. The van der Waals surface area contributed by atoms with Crippen LogP contribution in [-0.4, -0.2) is 16.1 Å². The van der Waals surface area contributed by atoms with E-state index in [4.69, 9.17) is 39.9 Å². The summed E-state index contributed by atoms with van der Waals surface area (Å²) < 4.78 is 0. The van der Waals surface area contributed by atoms with Crippen LogP contribution in [0.2, 0.25) is 15.2 Å². The van der Waals surface area contributed by atoms with Crippen molar-refractivity contribution in [3.05, 3.63) is 62.4 Å². The number of carboxylic acid groups (broad SMARTS) is 1. The smallest absolute Gasteiger partial charge is 0.337 e. The molecule has 1 aromatic heterocycles.